The highest BCUT2D eigenvalue weighted by molar-refractivity contribution is 5.74. The van der Waals surface area contributed by atoms with Crippen LogP contribution in [0.5, 0.6) is 0 Å². The zero-order valence-corrected chi connectivity index (χ0v) is 9.95. The Hall–Kier alpha value is -1.30. The lowest BCUT2D eigenvalue weighted by Crippen LogP contribution is -2.45. The highest BCUT2D eigenvalue weighted by Gasteiger charge is 2.16. The number of aliphatic hydroxyl groups is 1. The van der Waals surface area contributed by atoms with Crippen LogP contribution in [0.1, 0.15) is 20.3 Å². The highest BCUT2D eigenvalue weighted by Crippen LogP contribution is 2.03. The van der Waals surface area contributed by atoms with Gasteiger partial charge in [-0.05, 0) is 6.42 Å². The number of carbonyl (C=O) groups is 2. The molecule has 0 saturated heterocycles. The fourth-order valence-corrected chi connectivity index (χ4v) is 0.889. The van der Waals surface area contributed by atoms with Crippen molar-refractivity contribution in [3.05, 3.63) is 0 Å². The summed E-state index contributed by atoms with van der Waals surface area (Å²) in [6.07, 6.45) is 0.700. The summed E-state index contributed by atoms with van der Waals surface area (Å²) in [6.45, 7) is 3.36. The maximum atomic E-state index is 11.3. The van der Waals surface area contributed by atoms with E-state index in [1.165, 1.54) is 7.05 Å². The number of aliphatic hydroxyl groups excluding tert-OH is 1. The van der Waals surface area contributed by atoms with Gasteiger partial charge in [0.25, 0.3) is 0 Å². The molecular formula is C10H20N2O4. The minimum absolute atomic E-state index is 0.0207. The second kappa shape index (κ2) is 7.92. The maximum Gasteiger partial charge on any atom is 0.314 e. The van der Waals surface area contributed by atoms with Gasteiger partial charge < -0.3 is 20.5 Å². The van der Waals surface area contributed by atoms with E-state index in [1.807, 2.05) is 6.92 Å². The van der Waals surface area contributed by atoms with Crippen LogP contribution in [0.15, 0.2) is 0 Å². The third kappa shape index (κ3) is 5.55. The van der Waals surface area contributed by atoms with Crippen molar-refractivity contribution < 1.29 is 19.4 Å². The van der Waals surface area contributed by atoms with E-state index in [4.69, 9.17) is 9.84 Å². The number of esters is 1. The SMILES string of the molecule is CCC(C)C(=O)OCC(CO)NC(=O)NC. The first kappa shape index (κ1) is 14.7. The van der Waals surface area contributed by atoms with Gasteiger partial charge in [-0.3, -0.25) is 4.79 Å². The number of hydrogen-bond donors (Lipinski definition) is 3. The van der Waals surface area contributed by atoms with Crippen LogP contribution >= 0.6 is 0 Å². The fourth-order valence-electron chi connectivity index (χ4n) is 0.889. The van der Waals surface area contributed by atoms with Gasteiger partial charge in [-0.1, -0.05) is 13.8 Å². The molecule has 0 aliphatic rings. The molecule has 16 heavy (non-hydrogen) atoms. The average Bonchev–Trinajstić information content (AvgIpc) is 2.32. The topological polar surface area (TPSA) is 87.7 Å². The van der Waals surface area contributed by atoms with E-state index >= 15 is 0 Å². The monoisotopic (exact) mass is 232 g/mol. The fraction of sp³-hybridized carbons (Fsp3) is 0.800. The number of rotatable bonds is 6. The first-order valence-electron chi connectivity index (χ1n) is 5.30. The standard InChI is InChI=1S/C10H20N2O4/c1-4-7(2)9(14)16-6-8(5-13)12-10(15)11-3/h7-8,13H,4-6H2,1-3H3,(H2,11,12,15). The molecule has 94 valence electrons. The highest BCUT2D eigenvalue weighted by atomic mass is 16.5. The summed E-state index contributed by atoms with van der Waals surface area (Å²) < 4.78 is 4.95. The van der Waals surface area contributed by atoms with Crippen molar-refractivity contribution in [1.82, 2.24) is 10.6 Å². The first-order valence-corrected chi connectivity index (χ1v) is 5.30. The van der Waals surface area contributed by atoms with Crippen molar-refractivity contribution in [3.63, 3.8) is 0 Å². The van der Waals surface area contributed by atoms with Gasteiger partial charge in [0, 0.05) is 7.05 Å². The van der Waals surface area contributed by atoms with Crippen molar-refractivity contribution in [2.75, 3.05) is 20.3 Å². The molecule has 0 heterocycles. The summed E-state index contributed by atoms with van der Waals surface area (Å²) in [5, 5.41) is 13.7. The normalized spacial score (nSPS) is 13.8. The van der Waals surface area contributed by atoms with Gasteiger partial charge in [-0.25, -0.2) is 4.79 Å². The number of nitrogens with one attached hydrogen (secondary N) is 2. The van der Waals surface area contributed by atoms with Crippen LogP contribution in [0, 0.1) is 5.92 Å². The molecule has 0 radical (unpaired) electrons. The minimum Gasteiger partial charge on any atom is -0.463 e. The molecule has 0 aliphatic carbocycles. The molecule has 0 saturated carbocycles. The summed E-state index contributed by atoms with van der Waals surface area (Å²) in [6, 6.07) is -0.994. The van der Waals surface area contributed by atoms with Crippen LogP contribution in [-0.4, -0.2) is 43.4 Å². The summed E-state index contributed by atoms with van der Waals surface area (Å²) in [5.41, 5.74) is 0. The molecule has 0 aromatic carbocycles. The Morgan fingerprint density at radius 2 is 2.06 bits per heavy atom. The van der Waals surface area contributed by atoms with Gasteiger partial charge in [0.15, 0.2) is 0 Å². The van der Waals surface area contributed by atoms with Crippen molar-refractivity contribution in [3.8, 4) is 0 Å². The lowest BCUT2D eigenvalue weighted by atomic mass is 10.1. The van der Waals surface area contributed by atoms with Crippen molar-refractivity contribution in [1.29, 1.82) is 0 Å². The van der Waals surface area contributed by atoms with Gasteiger partial charge in [0.1, 0.15) is 6.61 Å². The van der Waals surface area contributed by atoms with Crippen molar-refractivity contribution in [2.24, 2.45) is 5.92 Å². The maximum absolute atomic E-state index is 11.3. The zero-order valence-electron chi connectivity index (χ0n) is 9.95. The molecule has 0 bridgehead atoms. The molecule has 0 rings (SSSR count). The van der Waals surface area contributed by atoms with Gasteiger partial charge in [0.05, 0.1) is 18.6 Å². The number of urea groups is 1. The predicted molar refractivity (Wildman–Crippen MR) is 58.9 cm³/mol. The molecule has 3 N–H and O–H groups in total. The largest absolute Gasteiger partial charge is 0.463 e. The van der Waals surface area contributed by atoms with E-state index in [2.05, 4.69) is 10.6 Å². The third-order valence-electron chi connectivity index (χ3n) is 2.22. The number of carbonyl (C=O) groups excluding carboxylic acids is 2. The van der Waals surface area contributed by atoms with Gasteiger partial charge in [-0.2, -0.15) is 0 Å². The second-order valence-electron chi connectivity index (χ2n) is 3.54. The Kier molecular flexibility index (Phi) is 7.28. The molecule has 0 aromatic heterocycles. The Morgan fingerprint density at radius 3 is 2.50 bits per heavy atom. The number of ether oxygens (including phenoxy) is 1. The second-order valence-corrected chi connectivity index (χ2v) is 3.54. The lowest BCUT2D eigenvalue weighted by molar-refractivity contribution is -0.148. The number of hydrogen-bond acceptors (Lipinski definition) is 4. The molecular weight excluding hydrogens is 212 g/mol. The predicted octanol–water partition coefficient (Wildman–Crippen LogP) is -0.134. The van der Waals surface area contributed by atoms with Gasteiger partial charge in [-0.15, -0.1) is 0 Å². The Morgan fingerprint density at radius 1 is 1.44 bits per heavy atom. The molecule has 0 aromatic rings. The van der Waals surface area contributed by atoms with E-state index < -0.39 is 12.1 Å². The summed E-state index contributed by atoms with van der Waals surface area (Å²) >= 11 is 0. The summed E-state index contributed by atoms with van der Waals surface area (Å²) in [4.78, 5) is 22.3. The average molecular weight is 232 g/mol. The molecule has 6 nitrogen and oxygen atoms in total. The Bertz CT molecular complexity index is 233. The molecule has 6 heteroatoms. The molecule has 2 unspecified atom stereocenters. The van der Waals surface area contributed by atoms with Crippen LogP contribution in [-0.2, 0) is 9.53 Å². The quantitative estimate of drug-likeness (QED) is 0.556. The van der Waals surface area contributed by atoms with Crippen LogP contribution in [0.3, 0.4) is 0 Å². The Labute approximate surface area is 95.4 Å². The molecule has 0 aliphatic heterocycles. The van der Waals surface area contributed by atoms with Crippen molar-refractivity contribution >= 4 is 12.0 Å². The van der Waals surface area contributed by atoms with E-state index in [9.17, 15) is 9.59 Å². The van der Waals surface area contributed by atoms with Crippen LogP contribution < -0.4 is 10.6 Å². The van der Waals surface area contributed by atoms with E-state index in [0.29, 0.717) is 6.42 Å². The smallest absolute Gasteiger partial charge is 0.314 e. The van der Waals surface area contributed by atoms with Gasteiger partial charge in [0.2, 0.25) is 0 Å². The zero-order chi connectivity index (χ0) is 12.6. The van der Waals surface area contributed by atoms with E-state index in [0.717, 1.165) is 0 Å². The van der Waals surface area contributed by atoms with Gasteiger partial charge >= 0.3 is 12.0 Å². The Balaban J connectivity index is 3.95. The first-order chi connectivity index (χ1) is 7.54. The molecule has 0 fully saturated rings. The minimum atomic E-state index is -0.576. The van der Waals surface area contributed by atoms with Crippen LogP contribution in [0.25, 0.3) is 0 Å². The summed E-state index contributed by atoms with van der Waals surface area (Å²) in [7, 11) is 1.47. The van der Waals surface area contributed by atoms with Crippen LogP contribution in [0.4, 0.5) is 4.79 Å². The number of amides is 2. The van der Waals surface area contributed by atoms with Crippen LogP contribution in [0.2, 0.25) is 0 Å². The lowest BCUT2D eigenvalue weighted by Gasteiger charge is -2.17. The third-order valence-corrected chi connectivity index (χ3v) is 2.22. The summed E-state index contributed by atoms with van der Waals surface area (Å²) in [5.74, 6) is -0.487. The molecule has 2 atom stereocenters. The van der Waals surface area contributed by atoms with Crippen molar-refractivity contribution in [2.45, 2.75) is 26.3 Å². The molecule has 0 spiro atoms. The molecule has 2 amide bonds. The van der Waals surface area contributed by atoms with E-state index in [-0.39, 0.29) is 25.1 Å². The van der Waals surface area contributed by atoms with E-state index in [1.54, 1.807) is 6.92 Å².